The molecule has 2 aromatic rings. The zero-order valence-corrected chi connectivity index (χ0v) is 13.6. The zero-order valence-electron chi connectivity index (χ0n) is 13.6. The van der Waals surface area contributed by atoms with Crippen LogP contribution in [0.1, 0.15) is 6.42 Å². The third-order valence-corrected chi connectivity index (χ3v) is 3.72. The minimum Gasteiger partial charge on any atom is -0.485 e. The van der Waals surface area contributed by atoms with Crippen LogP contribution < -0.4 is 19.3 Å². The topological polar surface area (TPSA) is 63.6 Å². The van der Waals surface area contributed by atoms with Crippen molar-refractivity contribution in [1.29, 1.82) is 0 Å². The molecule has 0 spiro atoms. The molecular formula is C16H21N5O2. The van der Waals surface area contributed by atoms with Crippen LogP contribution >= 0.6 is 0 Å². The number of pyridine rings is 1. The molecule has 1 saturated heterocycles. The highest BCUT2D eigenvalue weighted by Gasteiger charge is 2.27. The number of aromatic nitrogens is 3. The van der Waals surface area contributed by atoms with Gasteiger partial charge in [0.25, 0.3) is 0 Å². The lowest BCUT2D eigenvalue weighted by Crippen LogP contribution is -2.26. The number of hydrogen-bond donors (Lipinski definition) is 0. The Hall–Kier alpha value is -2.57. The Kier molecular flexibility index (Phi) is 4.45. The molecule has 1 fully saturated rings. The molecule has 0 bridgehead atoms. The first-order valence-corrected chi connectivity index (χ1v) is 7.58. The molecule has 0 amide bonds. The van der Waals surface area contributed by atoms with Gasteiger partial charge in [-0.15, -0.1) is 0 Å². The highest BCUT2D eigenvalue weighted by Crippen LogP contribution is 2.27. The van der Waals surface area contributed by atoms with Crippen LogP contribution in [0.15, 0.2) is 30.6 Å². The van der Waals surface area contributed by atoms with E-state index in [1.165, 1.54) is 0 Å². The van der Waals surface area contributed by atoms with Gasteiger partial charge in [0.1, 0.15) is 6.10 Å². The lowest BCUT2D eigenvalue weighted by atomic mass is 10.3. The zero-order chi connectivity index (χ0) is 16.2. The van der Waals surface area contributed by atoms with Gasteiger partial charge in [-0.05, 0) is 12.1 Å². The first-order chi connectivity index (χ1) is 11.2. The normalized spacial score (nSPS) is 17.2. The second-order valence-corrected chi connectivity index (χ2v) is 5.59. The fourth-order valence-corrected chi connectivity index (χ4v) is 2.59. The van der Waals surface area contributed by atoms with Crippen LogP contribution in [0.5, 0.6) is 11.6 Å². The predicted molar refractivity (Wildman–Crippen MR) is 88.4 cm³/mol. The van der Waals surface area contributed by atoms with E-state index in [4.69, 9.17) is 9.47 Å². The molecule has 7 nitrogen and oxygen atoms in total. The van der Waals surface area contributed by atoms with Crippen LogP contribution in [0.4, 0.5) is 11.8 Å². The third kappa shape index (κ3) is 3.44. The van der Waals surface area contributed by atoms with Gasteiger partial charge >= 0.3 is 0 Å². The maximum atomic E-state index is 6.14. The van der Waals surface area contributed by atoms with Gasteiger partial charge in [0, 0.05) is 45.5 Å². The van der Waals surface area contributed by atoms with Gasteiger partial charge in [-0.3, -0.25) is 0 Å². The Morgan fingerprint density at radius 2 is 2.09 bits per heavy atom. The number of ether oxygens (including phenoxy) is 2. The van der Waals surface area contributed by atoms with Crippen molar-refractivity contribution >= 4 is 11.8 Å². The van der Waals surface area contributed by atoms with E-state index in [1.54, 1.807) is 25.6 Å². The molecule has 1 aliphatic rings. The number of methoxy groups -OCH3 is 1. The Bertz CT molecular complexity index is 664. The number of nitrogens with zero attached hydrogens (tertiary/aromatic N) is 5. The van der Waals surface area contributed by atoms with E-state index in [9.17, 15) is 0 Å². The van der Waals surface area contributed by atoms with E-state index < -0.39 is 0 Å². The second-order valence-electron chi connectivity index (χ2n) is 5.59. The summed E-state index contributed by atoms with van der Waals surface area (Å²) in [4.78, 5) is 17.1. The molecule has 1 unspecified atom stereocenters. The van der Waals surface area contributed by atoms with Crippen molar-refractivity contribution < 1.29 is 9.47 Å². The summed E-state index contributed by atoms with van der Waals surface area (Å²) in [7, 11) is 5.52. The van der Waals surface area contributed by atoms with Gasteiger partial charge in [-0.1, -0.05) is 0 Å². The summed E-state index contributed by atoms with van der Waals surface area (Å²) < 4.78 is 11.3. The average molecular weight is 315 g/mol. The van der Waals surface area contributed by atoms with Crippen LogP contribution in [0.2, 0.25) is 0 Å². The van der Waals surface area contributed by atoms with E-state index in [1.807, 2.05) is 31.1 Å². The lowest BCUT2D eigenvalue weighted by molar-refractivity contribution is 0.225. The average Bonchev–Trinajstić information content (AvgIpc) is 3.04. The van der Waals surface area contributed by atoms with Crippen LogP contribution in [-0.4, -0.2) is 55.4 Å². The molecule has 0 radical (unpaired) electrons. The molecule has 1 atom stereocenters. The molecule has 0 aliphatic carbocycles. The highest BCUT2D eigenvalue weighted by atomic mass is 16.5. The maximum Gasteiger partial charge on any atom is 0.228 e. The van der Waals surface area contributed by atoms with Gasteiger partial charge in [0.15, 0.2) is 11.6 Å². The van der Waals surface area contributed by atoms with Gasteiger partial charge in [0.2, 0.25) is 11.8 Å². The smallest absolute Gasteiger partial charge is 0.228 e. The minimum atomic E-state index is 0.0905. The second kappa shape index (κ2) is 6.68. The quantitative estimate of drug-likeness (QED) is 0.830. The van der Waals surface area contributed by atoms with Crippen LogP contribution in [0.3, 0.4) is 0 Å². The van der Waals surface area contributed by atoms with E-state index in [0.717, 1.165) is 31.1 Å². The maximum absolute atomic E-state index is 6.14. The van der Waals surface area contributed by atoms with Crippen molar-refractivity contribution in [1.82, 2.24) is 15.0 Å². The Balaban J connectivity index is 1.68. The molecule has 3 rings (SSSR count). The molecule has 3 heterocycles. The van der Waals surface area contributed by atoms with E-state index in [0.29, 0.717) is 11.8 Å². The fraction of sp³-hybridized carbons (Fsp3) is 0.438. The summed E-state index contributed by atoms with van der Waals surface area (Å²) in [5.41, 5.74) is 0. The summed E-state index contributed by atoms with van der Waals surface area (Å²) in [6, 6.07) is 5.58. The van der Waals surface area contributed by atoms with Crippen molar-refractivity contribution in [2.45, 2.75) is 12.5 Å². The SMILES string of the molecule is COc1ccnc(N2CCC(Oc3cccnc3N(C)C)C2)n1. The molecule has 7 heteroatoms. The predicted octanol–water partition coefficient (Wildman–Crippen LogP) is 1.60. The van der Waals surface area contributed by atoms with Gasteiger partial charge < -0.3 is 19.3 Å². The van der Waals surface area contributed by atoms with E-state index >= 15 is 0 Å². The van der Waals surface area contributed by atoms with Crippen molar-refractivity contribution in [3.63, 3.8) is 0 Å². The lowest BCUT2D eigenvalue weighted by Gasteiger charge is -2.20. The standard InChI is InChI=1S/C16H21N5O2/c1-20(2)15-13(5-4-8-17-15)23-12-7-10-21(11-12)16-18-9-6-14(19-16)22-3/h4-6,8-9,12H,7,10-11H2,1-3H3. The molecular weight excluding hydrogens is 294 g/mol. The monoisotopic (exact) mass is 315 g/mol. The van der Waals surface area contributed by atoms with Crippen molar-refractivity contribution in [3.8, 4) is 11.6 Å². The van der Waals surface area contributed by atoms with Crippen molar-refractivity contribution in [2.75, 3.05) is 44.1 Å². The molecule has 23 heavy (non-hydrogen) atoms. The Morgan fingerprint density at radius 3 is 2.87 bits per heavy atom. The van der Waals surface area contributed by atoms with Crippen LogP contribution in [0, 0.1) is 0 Å². The van der Waals surface area contributed by atoms with Gasteiger partial charge in [-0.25, -0.2) is 9.97 Å². The molecule has 0 aromatic carbocycles. The van der Waals surface area contributed by atoms with Crippen LogP contribution in [0.25, 0.3) is 0 Å². The molecule has 0 saturated carbocycles. The summed E-state index contributed by atoms with van der Waals surface area (Å²) >= 11 is 0. The molecule has 0 N–H and O–H groups in total. The van der Waals surface area contributed by atoms with Crippen LogP contribution in [-0.2, 0) is 0 Å². The summed E-state index contributed by atoms with van der Waals surface area (Å²) in [6.45, 7) is 1.60. The first kappa shape index (κ1) is 15.3. The Labute approximate surface area is 135 Å². The largest absolute Gasteiger partial charge is 0.485 e. The van der Waals surface area contributed by atoms with Gasteiger partial charge in [-0.2, -0.15) is 4.98 Å². The minimum absolute atomic E-state index is 0.0905. The summed E-state index contributed by atoms with van der Waals surface area (Å²) in [5, 5.41) is 0. The number of hydrogen-bond acceptors (Lipinski definition) is 7. The number of anilines is 2. The van der Waals surface area contributed by atoms with Crippen molar-refractivity contribution in [2.24, 2.45) is 0 Å². The molecule has 2 aromatic heterocycles. The molecule has 1 aliphatic heterocycles. The Morgan fingerprint density at radius 1 is 1.22 bits per heavy atom. The highest BCUT2D eigenvalue weighted by molar-refractivity contribution is 5.51. The van der Waals surface area contributed by atoms with E-state index in [-0.39, 0.29) is 6.10 Å². The number of rotatable bonds is 5. The fourth-order valence-electron chi connectivity index (χ4n) is 2.59. The first-order valence-electron chi connectivity index (χ1n) is 7.58. The summed E-state index contributed by atoms with van der Waals surface area (Å²) in [5.74, 6) is 2.88. The molecule has 122 valence electrons. The summed E-state index contributed by atoms with van der Waals surface area (Å²) in [6.07, 6.45) is 4.49. The van der Waals surface area contributed by atoms with Crippen molar-refractivity contribution in [3.05, 3.63) is 30.6 Å². The van der Waals surface area contributed by atoms with E-state index in [2.05, 4.69) is 19.9 Å². The van der Waals surface area contributed by atoms with Gasteiger partial charge in [0.05, 0.1) is 13.7 Å². The third-order valence-electron chi connectivity index (χ3n) is 3.72.